The van der Waals surface area contributed by atoms with E-state index in [4.69, 9.17) is 4.98 Å². The van der Waals surface area contributed by atoms with Crippen molar-refractivity contribution in [3.05, 3.63) is 39.8 Å². The molecule has 0 atom stereocenters. The number of piperidine rings is 1. The van der Waals surface area contributed by atoms with Crippen LogP contribution in [0.25, 0.3) is 11.3 Å². The highest BCUT2D eigenvalue weighted by molar-refractivity contribution is 9.10. The number of halogens is 1. The van der Waals surface area contributed by atoms with Gasteiger partial charge in [-0.05, 0) is 43.6 Å². The summed E-state index contributed by atoms with van der Waals surface area (Å²) in [6.07, 6.45) is 3.38. The summed E-state index contributed by atoms with van der Waals surface area (Å²) in [5.41, 5.74) is 5.15. The number of aromatic nitrogens is 2. The molecule has 4 heteroatoms. The Morgan fingerprint density at radius 1 is 1.21 bits per heavy atom. The molecule has 3 nitrogen and oxygen atoms in total. The summed E-state index contributed by atoms with van der Waals surface area (Å²) in [6, 6.07) is 6.49. The van der Waals surface area contributed by atoms with Crippen LogP contribution in [0, 0.1) is 0 Å². The van der Waals surface area contributed by atoms with Gasteiger partial charge in [-0.2, -0.15) is 0 Å². The van der Waals surface area contributed by atoms with E-state index in [0.717, 1.165) is 24.0 Å². The van der Waals surface area contributed by atoms with E-state index in [9.17, 15) is 0 Å². The molecule has 0 radical (unpaired) electrons. The molecule has 2 aromatic rings. The van der Waals surface area contributed by atoms with Gasteiger partial charge < -0.3 is 10.3 Å². The van der Waals surface area contributed by atoms with Crippen LogP contribution in [0.1, 0.15) is 35.8 Å². The van der Waals surface area contributed by atoms with Crippen molar-refractivity contribution < 1.29 is 0 Å². The maximum absolute atomic E-state index is 4.89. The van der Waals surface area contributed by atoms with E-state index in [1.807, 2.05) is 0 Å². The smallest absolute Gasteiger partial charge is 0.110 e. The third-order valence-corrected chi connectivity index (χ3v) is 4.71. The average molecular weight is 318 g/mol. The maximum atomic E-state index is 4.89. The van der Waals surface area contributed by atoms with Crippen molar-refractivity contribution in [3.63, 3.8) is 0 Å². The van der Waals surface area contributed by atoms with Crippen LogP contribution in [0.4, 0.5) is 0 Å². The molecule has 1 aromatic carbocycles. The SMILES string of the molecule is Brc1ccc2c(c1)Cc1[nH]c(C3CCNCC3)nc1-2. The Labute approximate surface area is 121 Å². The molecule has 19 heavy (non-hydrogen) atoms. The Morgan fingerprint density at radius 3 is 2.89 bits per heavy atom. The van der Waals surface area contributed by atoms with Gasteiger partial charge in [0.2, 0.25) is 0 Å². The third kappa shape index (κ3) is 1.94. The van der Waals surface area contributed by atoms with E-state index in [2.05, 4.69) is 44.4 Å². The summed E-state index contributed by atoms with van der Waals surface area (Å²) in [5.74, 6) is 1.80. The number of hydrogen-bond acceptors (Lipinski definition) is 2. The van der Waals surface area contributed by atoms with Gasteiger partial charge in [-0.1, -0.05) is 22.0 Å². The first-order valence-corrected chi connectivity index (χ1v) is 7.69. The number of nitrogens with one attached hydrogen (secondary N) is 2. The number of hydrogen-bond donors (Lipinski definition) is 2. The molecule has 2 aliphatic rings. The second-order valence-corrected chi connectivity index (χ2v) is 6.37. The Morgan fingerprint density at radius 2 is 2.05 bits per heavy atom. The fourth-order valence-corrected chi connectivity index (χ4v) is 3.61. The minimum atomic E-state index is 0.603. The Balaban J connectivity index is 1.71. The van der Waals surface area contributed by atoms with Gasteiger partial charge in [-0.15, -0.1) is 0 Å². The van der Waals surface area contributed by atoms with E-state index in [1.165, 1.54) is 41.2 Å². The van der Waals surface area contributed by atoms with E-state index >= 15 is 0 Å². The average Bonchev–Trinajstić information content (AvgIpc) is 2.96. The van der Waals surface area contributed by atoms with Crippen molar-refractivity contribution in [2.75, 3.05) is 13.1 Å². The van der Waals surface area contributed by atoms with Gasteiger partial charge in [0, 0.05) is 28.1 Å². The predicted molar refractivity (Wildman–Crippen MR) is 79.4 cm³/mol. The molecule has 1 fully saturated rings. The van der Waals surface area contributed by atoms with Gasteiger partial charge >= 0.3 is 0 Å². The number of fused-ring (bicyclic) bond motifs is 3. The van der Waals surface area contributed by atoms with E-state index in [1.54, 1.807) is 0 Å². The highest BCUT2D eigenvalue weighted by Gasteiger charge is 2.26. The summed E-state index contributed by atoms with van der Waals surface area (Å²) in [7, 11) is 0. The fourth-order valence-electron chi connectivity index (χ4n) is 3.20. The Kier molecular flexibility index (Phi) is 2.74. The molecule has 4 rings (SSSR count). The molecule has 2 heterocycles. The lowest BCUT2D eigenvalue weighted by Crippen LogP contribution is -2.27. The zero-order valence-electron chi connectivity index (χ0n) is 10.7. The molecule has 0 spiro atoms. The van der Waals surface area contributed by atoms with E-state index < -0.39 is 0 Å². The number of nitrogens with zero attached hydrogens (tertiary/aromatic N) is 1. The monoisotopic (exact) mass is 317 g/mol. The Hall–Kier alpha value is -1.13. The van der Waals surface area contributed by atoms with Crippen LogP contribution in [0.3, 0.4) is 0 Å². The van der Waals surface area contributed by atoms with Crippen LogP contribution >= 0.6 is 15.9 Å². The molecule has 0 unspecified atom stereocenters. The first kappa shape index (κ1) is 11.7. The molecular weight excluding hydrogens is 302 g/mol. The van der Waals surface area contributed by atoms with Gasteiger partial charge in [0.1, 0.15) is 5.82 Å². The van der Waals surface area contributed by atoms with E-state index in [0.29, 0.717) is 5.92 Å². The molecule has 0 amide bonds. The van der Waals surface area contributed by atoms with Crippen LogP contribution in [0.5, 0.6) is 0 Å². The van der Waals surface area contributed by atoms with Gasteiger partial charge in [-0.25, -0.2) is 4.98 Å². The molecule has 0 saturated carbocycles. The zero-order valence-corrected chi connectivity index (χ0v) is 12.3. The van der Waals surface area contributed by atoms with Gasteiger partial charge in [0.25, 0.3) is 0 Å². The summed E-state index contributed by atoms with van der Waals surface area (Å²) in [6.45, 7) is 2.22. The normalized spacial score (nSPS) is 18.4. The van der Waals surface area contributed by atoms with Crippen molar-refractivity contribution in [1.82, 2.24) is 15.3 Å². The van der Waals surface area contributed by atoms with Crippen molar-refractivity contribution in [1.29, 1.82) is 0 Å². The molecular formula is C15H16BrN3. The number of H-pyrrole nitrogens is 1. The summed E-state index contributed by atoms with van der Waals surface area (Å²) in [5, 5.41) is 3.41. The number of rotatable bonds is 1. The largest absolute Gasteiger partial charge is 0.345 e. The molecule has 1 aliphatic heterocycles. The van der Waals surface area contributed by atoms with Crippen LogP contribution in [0.15, 0.2) is 22.7 Å². The van der Waals surface area contributed by atoms with Gasteiger partial charge in [-0.3, -0.25) is 0 Å². The second-order valence-electron chi connectivity index (χ2n) is 5.45. The lowest BCUT2D eigenvalue weighted by molar-refractivity contribution is 0.447. The van der Waals surface area contributed by atoms with Crippen molar-refractivity contribution in [2.45, 2.75) is 25.2 Å². The Bertz CT molecular complexity index is 626. The summed E-state index contributed by atoms with van der Waals surface area (Å²) < 4.78 is 1.15. The fraction of sp³-hybridized carbons (Fsp3) is 0.400. The third-order valence-electron chi connectivity index (χ3n) is 4.21. The lowest BCUT2D eigenvalue weighted by atomic mass is 9.97. The highest BCUT2D eigenvalue weighted by atomic mass is 79.9. The standard InChI is InChI=1S/C15H16BrN3/c16-11-1-2-12-10(7-11)8-13-14(12)19-15(18-13)9-3-5-17-6-4-9/h1-2,7,9,17H,3-6,8H2,(H,18,19). The van der Waals surface area contributed by atoms with Crippen molar-refractivity contribution in [2.24, 2.45) is 0 Å². The minimum absolute atomic E-state index is 0.603. The second kappa shape index (κ2) is 4.46. The van der Waals surface area contributed by atoms with Crippen LogP contribution in [0.2, 0.25) is 0 Å². The molecule has 1 aliphatic carbocycles. The van der Waals surface area contributed by atoms with Crippen molar-refractivity contribution >= 4 is 15.9 Å². The molecule has 2 N–H and O–H groups in total. The summed E-state index contributed by atoms with van der Waals surface area (Å²) >= 11 is 3.54. The predicted octanol–water partition coefficient (Wildman–Crippen LogP) is 3.21. The minimum Gasteiger partial charge on any atom is -0.345 e. The zero-order chi connectivity index (χ0) is 12.8. The van der Waals surface area contributed by atoms with Crippen LogP contribution in [-0.2, 0) is 6.42 Å². The topological polar surface area (TPSA) is 40.7 Å². The van der Waals surface area contributed by atoms with Crippen molar-refractivity contribution in [3.8, 4) is 11.3 Å². The molecule has 0 bridgehead atoms. The van der Waals surface area contributed by atoms with E-state index in [-0.39, 0.29) is 0 Å². The molecule has 1 saturated heterocycles. The molecule has 1 aromatic heterocycles. The van der Waals surface area contributed by atoms with Gasteiger partial charge in [0.05, 0.1) is 5.69 Å². The number of aromatic amines is 1. The lowest BCUT2D eigenvalue weighted by Gasteiger charge is -2.20. The van der Waals surface area contributed by atoms with Crippen LogP contribution < -0.4 is 5.32 Å². The number of imidazole rings is 1. The summed E-state index contributed by atoms with van der Waals surface area (Å²) in [4.78, 5) is 8.46. The maximum Gasteiger partial charge on any atom is 0.110 e. The first-order chi connectivity index (χ1) is 9.31. The first-order valence-electron chi connectivity index (χ1n) is 6.89. The highest BCUT2D eigenvalue weighted by Crippen LogP contribution is 2.38. The molecule has 98 valence electrons. The van der Waals surface area contributed by atoms with Crippen LogP contribution in [-0.4, -0.2) is 23.1 Å². The number of benzene rings is 1. The quantitative estimate of drug-likeness (QED) is 0.723. The van der Waals surface area contributed by atoms with Gasteiger partial charge in [0.15, 0.2) is 0 Å².